The zero-order chi connectivity index (χ0) is 24.5. The van der Waals surface area contributed by atoms with Gasteiger partial charge in [-0.3, -0.25) is 9.59 Å². The van der Waals surface area contributed by atoms with Gasteiger partial charge in [-0.05, 0) is 36.6 Å². The van der Waals surface area contributed by atoms with Gasteiger partial charge in [0.15, 0.2) is 5.82 Å². The number of amides is 2. The van der Waals surface area contributed by atoms with Crippen molar-refractivity contribution >= 4 is 17.6 Å². The molecule has 1 aromatic heterocycles. The van der Waals surface area contributed by atoms with E-state index >= 15 is 0 Å². The predicted octanol–water partition coefficient (Wildman–Crippen LogP) is 3.48. The fourth-order valence-electron chi connectivity index (χ4n) is 4.00. The number of hydrogen-bond acceptors (Lipinski definition) is 6. The summed E-state index contributed by atoms with van der Waals surface area (Å²) in [6.45, 7) is 9.56. The molecule has 0 N–H and O–H groups in total. The molecule has 8 nitrogen and oxygen atoms in total. The Morgan fingerprint density at radius 1 is 1.09 bits per heavy atom. The van der Waals surface area contributed by atoms with Crippen LogP contribution in [0.25, 0.3) is 11.3 Å². The van der Waals surface area contributed by atoms with Gasteiger partial charge in [0.1, 0.15) is 5.75 Å². The van der Waals surface area contributed by atoms with Crippen LogP contribution in [0, 0.1) is 5.92 Å². The van der Waals surface area contributed by atoms with Crippen molar-refractivity contribution in [2.24, 2.45) is 5.92 Å². The van der Waals surface area contributed by atoms with E-state index in [2.05, 4.69) is 22.0 Å². The number of aromatic nitrogens is 2. The van der Waals surface area contributed by atoms with Gasteiger partial charge in [0.05, 0.1) is 19.3 Å². The molecule has 0 aliphatic carbocycles. The molecule has 2 aromatic rings. The summed E-state index contributed by atoms with van der Waals surface area (Å²) in [7, 11) is 1.64. The van der Waals surface area contributed by atoms with Crippen molar-refractivity contribution < 1.29 is 14.3 Å². The molecule has 34 heavy (non-hydrogen) atoms. The number of benzene rings is 1. The van der Waals surface area contributed by atoms with Crippen LogP contribution in [0.3, 0.4) is 0 Å². The first-order valence-electron chi connectivity index (χ1n) is 12.2. The van der Waals surface area contributed by atoms with Gasteiger partial charge in [-0.25, -0.2) is 0 Å². The molecule has 2 heterocycles. The molecule has 0 radical (unpaired) electrons. The maximum atomic E-state index is 12.9. The zero-order valence-electron chi connectivity index (χ0n) is 20.9. The van der Waals surface area contributed by atoms with Crippen LogP contribution in [0.15, 0.2) is 36.4 Å². The molecule has 8 heteroatoms. The lowest BCUT2D eigenvalue weighted by Gasteiger charge is -2.36. The fourth-order valence-corrected chi connectivity index (χ4v) is 4.00. The van der Waals surface area contributed by atoms with Crippen LogP contribution in [0.4, 0.5) is 5.82 Å². The van der Waals surface area contributed by atoms with E-state index in [1.807, 2.05) is 55.1 Å². The fraction of sp³-hybridized carbons (Fsp3) is 0.538. The molecule has 1 saturated heterocycles. The van der Waals surface area contributed by atoms with Crippen molar-refractivity contribution in [1.82, 2.24) is 20.0 Å². The SMILES string of the molecule is CCCCN(CC(=O)N1CCN(c2ccc(-c3cccc(OC)c3)nn2)CC1)C(=O)CC(C)C. The summed E-state index contributed by atoms with van der Waals surface area (Å²) in [5.41, 5.74) is 1.74. The number of unbranched alkanes of at least 4 members (excludes halogenated alkanes) is 1. The van der Waals surface area contributed by atoms with Crippen LogP contribution in [0.2, 0.25) is 0 Å². The molecule has 0 saturated carbocycles. The van der Waals surface area contributed by atoms with Gasteiger partial charge >= 0.3 is 0 Å². The summed E-state index contributed by atoms with van der Waals surface area (Å²) < 4.78 is 5.29. The van der Waals surface area contributed by atoms with E-state index in [0.717, 1.165) is 35.7 Å². The van der Waals surface area contributed by atoms with Gasteiger partial charge < -0.3 is 19.4 Å². The Hall–Kier alpha value is -3.16. The average Bonchev–Trinajstić information content (AvgIpc) is 2.86. The van der Waals surface area contributed by atoms with Gasteiger partial charge in [-0.2, -0.15) is 0 Å². The van der Waals surface area contributed by atoms with E-state index in [-0.39, 0.29) is 24.3 Å². The lowest BCUT2D eigenvalue weighted by molar-refractivity contribution is -0.141. The number of piperazine rings is 1. The van der Waals surface area contributed by atoms with Crippen LogP contribution >= 0.6 is 0 Å². The summed E-state index contributed by atoms with van der Waals surface area (Å²) in [6.07, 6.45) is 2.39. The Morgan fingerprint density at radius 2 is 1.85 bits per heavy atom. The van der Waals surface area contributed by atoms with Crippen molar-refractivity contribution in [3.8, 4) is 17.0 Å². The first-order valence-corrected chi connectivity index (χ1v) is 12.2. The lowest BCUT2D eigenvalue weighted by atomic mass is 10.1. The maximum absolute atomic E-state index is 12.9. The molecule has 0 atom stereocenters. The largest absolute Gasteiger partial charge is 0.497 e. The standard InChI is InChI=1S/C26H37N5O3/c1-5-6-12-31(25(32)17-20(2)3)19-26(33)30-15-13-29(14-16-30)24-11-10-23(27-28-24)21-8-7-9-22(18-21)34-4/h7-11,18,20H,5-6,12-17,19H2,1-4H3. The number of anilines is 1. The first-order chi connectivity index (χ1) is 16.4. The normalized spacial score (nSPS) is 13.8. The third kappa shape index (κ3) is 6.92. The molecule has 3 rings (SSSR count). The second-order valence-corrected chi connectivity index (χ2v) is 9.14. The highest BCUT2D eigenvalue weighted by atomic mass is 16.5. The Bertz CT molecular complexity index is 940. The molecule has 1 aromatic carbocycles. The van der Waals surface area contributed by atoms with E-state index in [9.17, 15) is 9.59 Å². The summed E-state index contributed by atoms with van der Waals surface area (Å²) in [5, 5.41) is 8.81. The third-order valence-electron chi connectivity index (χ3n) is 6.02. The highest BCUT2D eigenvalue weighted by Gasteiger charge is 2.25. The minimum Gasteiger partial charge on any atom is -0.497 e. The number of methoxy groups -OCH3 is 1. The molecule has 0 unspecified atom stereocenters. The number of hydrogen-bond donors (Lipinski definition) is 0. The molecule has 184 valence electrons. The van der Waals surface area contributed by atoms with E-state index in [1.165, 1.54) is 0 Å². The van der Waals surface area contributed by atoms with Gasteiger partial charge in [-0.15, -0.1) is 10.2 Å². The molecular formula is C26H37N5O3. The summed E-state index contributed by atoms with van der Waals surface area (Å²) in [5.74, 6) is 1.96. The van der Waals surface area contributed by atoms with Gasteiger partial charge in [0.2, 0.25) is 11.8 Å². The predicted molar refractivity (Wildman–Crippen MR) is 134 cm³/mol. The van der Waals surface area contributed by atoms with Crippen LogP contribution in [0.5, 0.6) is 5.75 Å². The van der Waals surface area contributed by atoms with E-state index in [4.69, 9.17) is 4.74 Å². The van der Waals surface area contributed by atoms with Crippen molar-refractivity contribution in [2.75, 3.05) is 51.3 Å². The Labute approximate surface area is 202 Å². The van der Waals surface area contributed by atoms with Crippen LogP contribution in [-0.4, -0.2) is 78.2 Å². The van der Waals surface area contributed by atoms with E-state index in [0.29, 0.717) is 39.1 Å². The van der Waals surface area contributed by atoms with Gasteiger partial charge in [-0.1, -0.05) is 39.3 Å². The molecule has 0 spiro atoms. The average molecular weight is 468 g/mol. The quantitative estimate of drug-likeness (QED) is 0.532. The molecule has 1 aliphatic heterocycles. The molecule has 1 aliphatic rings. The Balaban J connectivity index is 1.55. The Kier molecular flexibility index (Phi) is 9.24. The highest BCUT2D eigenvalue weighted by molar-refractivity contribution is 5.85. The van der Waals surface area contributed by atoms with Crippen molar-refractivity contribution in [2.45, 2.75) is 40.0 Å². The summed E-state index contributed by atoms with van der Waals surface area (Å²) >= 11 is 0. The smallest absolute Gasteiger partial charge is 0.242 e. The minimum absolute atomic E-state index is 0.0207. The lowest BCUT2D eigenvalue weighted by Crippen LogP contribution is -2.52. The number of carbonyl (C=O) groups excluding carboxylic acids is 2. The van der Waals surface area contributed by atoms with Crippen molar-refractivity contribution in [1.29, 1.82) is 0 Å². The molecule has 2 amide bonds. The minimum atomic E-state index is 0.0207. The maximum Gasteiger partial charge on any atom is 0.242 e. The third-order valence-corrected chi connectivity index (χ3v) is 6.02. The second-order valence-electron chi connectivity index (χ2n) is 9.14. The van der Waals surface area contributed by atoms with Crippen molar-refractivity contribution in [3.05, 3.63) is 36.4 Å². The summed E-state index contributed by atoms with van der Waals surface area (Å²) in [4.78, 5) is 31.3. The first kappa shape index (κ1) is 25.5. The topological polar surface area (TPSA) is 78.9 Å². The van der Waals surface area contributed by atoms with E-state index < -0.39 is 0 Å². The number of carbonyl (C=O) groups is 2. The summed E-state index contributed by atoms with van der Waals surface area (Å²) in [6, 6.07) is 11.7. The van der Waals surface area contributed by atoms with Gasteiger partial charge in [0.25, 0.3) is 0 Å². The van der Waals surface area contributed by atoms with Crippen LogP contribution in [-0.2, 0) is 9.59 Å². The molecule has 0 bridgehead atoms. The number of ether oxygens (including phenoxy) is 1. The number of nitrogens with zero attached hydrogens (tertiary/aromatic N) is 5. The Morgan fingerprint density at radius 3 is 2.47 bits per heavy atom. The molecular weight excluding hydrogens is 430 g/mol. The van der Waals surface area contributed by atoms with Crippen LogP contribution in [0.1, 0.15) is 40.0 Å². The van der Waals surface area contributed by atoms with E-state index in [1.54, 1.807) is 12.0 Å². The van der Waals surface area contributed by atoms with Gasteiger partial charge in [0, 0.05) is 44.7 Å². The molecule has 1 fully saturated rings. The van der Waals surface area contributed by atoms with Crippen LogP contribution < -0.4 is 9.64 Å². The monoisotopic (exact) mass is 467 g/mol. The van der Waals surface area contributed by atoms with Crippen molar-refractivity contribution in [3.63, 3.8) is 0 Å². The zero-order valence-corrected chi connectivity index (χ0v) is 20.9. The highest BCUT2D eigenvalue weighted by Crippen LogP contribution is 2.23. The number of rotatable bonds is 10. The second kappa shape index (κ2) is 12.3.